The zero-order chi connectivity index (χ0) is 14.7. The fourth-order valence-corrected chi connectivity index (χ4v) is 1.58. The quantitative estimate of drug-likeness (QED) is 0.906. The molecule has 2 aromatic carbocycles. The van der Waals surface area contributed by atoms with E-state index in [1.54, 1.807) is 0 Å². The summed E-state index contributed by atoms with van der Waals surface area (Å²) in [5, 5.41) is 11.0. The summed E-state index contributed by atoms with van der Waals surface area (Å²) in [4.78, 5) is 22.7. The Morgan fingerprint density at radius 2 is 1.70 bits per heavy atom. The summed E-state index contributed by atoms with van der Waals surface area (Å²) >= 11 is 0. The van der Waals surface area contributed by atoms with Crippen LogP contribution in [0.2, 0.25) is 0 Å². The molecule has 4 nitrogen and oxygen atoms in total. The van der Waals surface area contributed by atoms with E-state index < -0.39 is 23.5 Å². The fourth-order valence-electron chi connectivity index (χ4n) is 1.58. The Kier molecular flexibility index (Phi) is 3.74. The van der Waals surface area contributed by atoms with Gasteiger partial charge in [0.1, 0.15) is 11.6 Å². The van der Waals surface area contributed by atoms with E-state index in [9.17, 15) is 18.4 Å². The summed E-state index contributed by atoms with van der Waals surface area (Å²) in [6.07, 6.45) is 0. The van der Waals surface area contributed by atoms with Crippen LogP contribution < -0.4 is 5.32 Å². The Bertz CT molecular complexity index is 686. The van der Waals surface area contributed by atoms with Crippen LogP contribution in [0, 0.1) is 11.6 Å². The predicted molar refractivity (Wildman–Crippen MR) is 67.7 cm³/mol. The van der Waals surface area contributed by atoms with Crippen LogP contribution in [-0.2, 0) is 0 Å². The second-order valence-electron chi connectivity index (χ2n) is 3.96. The number of nitrogens with one attached hydrogen (secondary N) is 1. The molecule has 2 rings (SSSR count). The van der Waals surface area contributed by atoms with Crippen LogP contribution in [0.3, 0.4) is 0 Å². The zero-order valence-corrected chi connectivity index (χ0v) is 10.1. The molecule has 0 unspecified atom stereocenters. The summed E-state index contributed by atoms with van der Waals surface area (Å²) < 4.78 is 26.4. The molecule has 0 saturated carbocycles. The lowest BCUT2D eigenvalue weighted by Crippen LogP contribution is -2.14. The molecule has 0 saturated heterocycles. The minimum atomic E-state index is -1.18. The first kappa shape index (κ1) is 13.7. The summed E-state index contributed by atoms with van der Waals surface area (Å²) in [5.74, 6) is -3.38. The van der Waals surface area contributed by atoms with Crippen molar-refractivity contribution in [3.05, 3.63) is 65.2 Å². The van der Waals surface area contributed by atoms with Gasteiger partial charge in [0.15, 0.2) is 0 Å². The van der Waals surface area contributed by atoms with E-state index in [4.69, 9.17) is 5.11 Å². The minimum absolute atomic E-state index is 0.0357. The van der Waals surface area contributed by atoms with Crippen molar-refractivity contribution in [2.75, 3.05) is 5.32 Å². The monoisotopic (exact) mass is 277 g/mol. The number of amides is 1. The fraction of sp³-hybridized carbons (Fsp3) is 0. The summed E-state index contributed by atoms with van der Waals surface area (Å²) in [6, 6.07) is 7.89. The first-order chi connectivity index (χ1) is 9.47. The van der Waals surface area contributed by atoms with E-state index in [2.05, 4.69) is 5.32 Å². The van der Waals surface area contributed by atoms with E-state index in [0.29, 0.717) is 0 Å². The van der Waals surface area contributed by atoms with Gasteiger partial charge in [0.25, 0.3) is 5.91 Å². The molecule has 0 radical (unpaired) electrons. The highest BCUT2D eigenvalue weighted by Crippen LogP contribution is 2.16. The molecule has 2 aromatic rings. The van der Waals surface area contributed by atoms with E-state index in [1.807, 2.05) is 0 Å². The van der Waals surface area contributed by atoms with Crippen molar-refractivity contribution in [2.45, 2.75) is 0 Å². The minimum Gasteiger partial charge on any atom is -0.478 e. The molecule has 0 bridgehead atoms. The SMILES string of the molecule is O=C(O)c1cccc(C(=O)Nc2cc(F)ccc2F)c1. The first-order valence-corrected chi connectivity index (χ1v) is 5.57. The van der Waals surface area contributed by atoms with E-state index in [-0.39, 0.29) is 16.8 Å². The lowest BCUT2D eigenvalue weighted by atomic mass is 10.1. The van der Waals surface area contributed by atoms with Gasteiger partial charge in [-0.3, -0.25) is 4.79 Å². The van der Waals surface area contributed by atoms with Crippen LogP contribution >= 0.6 is 0 Å². The number of carboxylic acids is 1. The highest BCUT2D eigenvalue weighted by Gasteiger charge is 2.12. The number of halogens is 2. The Balaban J connectivity index is 2.26. The number of carbonyl (C=O) groups is 2. The average molecular weight is 277 g/mol. The number of benzene rings is 2. The van der Waals surface area contributed by atoms with Crippen molar-refractivity contribution in [1.82, 2.24) is 0 Å². The van der Waals surface area contributed by atoms with Crippen molar-refractivity contribution in [3.63, 3.8) is 0 Å². The highest BCUT2D eigenvalue weighted by atomic mass is 19.1. The normalized spacial score (nSPS) is 10.1. The van der Waals surface area contributed by atoms with Gasteiger partial charge in [0.05, 0.1) is 11.3 Å². The van der Waals surface area contributed by atoms with Gasteiger partial charge in [-0.15, -0.1) is 0 Å². The number of hydrogen-bond acceptors (Lipinski definition) is 2. The molecule has 1 amide bonds. The summed E-state index contributed by atoms with van der Waals surface area (Å²) in [7, 11) is 0. The van der Waals surface area contributed by atoms with Crippen LogP contribution in [-0.4, -0.2) is 17.0 Å². The molecular formula is C14H9F2NO3. The maximum Gasteiger partial charge on any atom is 0.335 e. The summed E-state index contributed by atoms with van der Waals surface area (Å²) in [6.45, 7) is 0. The number of anilines is 1. The lowest BCUT2D eigenvalue weighted by molar-refractivity contribution is 0.0697. The van der Waals surface area contributed by atoms with Crippen LogP contribution in [0.15, 0.2) is 42.5 Å². The first-order valence-electron chi connectivity index (χ1n) is 5.57. The van der Waals surface area contributed by atoms with Gasteiger partial charge in [-0.2, -0.15) is 0 Å². The number of carboxylic acid groups (broad SMARTS) is 1. The molecule has 102 valence electrons. The predicted octanol–water partition coefficient (Wildman–Crippen LogP) is 2.92. The van der Waals surface area contributed by atoms with Gasteiger partial charge < -0.3 is 10.4 Å². The Morgan fingerprint density at radius 3 is 2.40 bits per heavy atom. The number of hydrogen-bond donors (Lipinski definition) is 2. The number of carbonyl (C=O) groups excluding carboxylic acids is 1. The molecule has 0 atom stereocenters. The zero-order valence-electron chi connectivity index (χ0n) is 10.1. The molecule has 0 spiro atoms. The second-order valence-corrected chi connectivity index (χ2v) is 3.96. The van der Waals surface area contributed by atoms with Crippen LogP contribution in [0.1, 0.15) is 20.7 Å². The van der Waals surface area contributed by atoms with Gasteiger partial charge in [-0.05, 0) is 30.3 Å². The van der Waals surface area contributed by atoms with E-state index in [1.165, 1.54) is 18.2 Å². The molecule has 0 heterocycles. The lowest BCUT2D eigenvalue weighted by Gasteiger charge is -2.07. The van der Waals surface area contributed by atoms with Gasteiger partial charge in [0.2, 0.25) is 0 Å². The number of aromatic carboxylic acids is 1. The van der Waals surface area contributed by atoms with E-state index >= 15 is 0 Å². The maximum atomic E-state index is 13.4. The molecule has 0 aliphatic carbocycles. The van der Waals surface area contributed by atoms with Crippen LogP contribution in [0.4, 0.5) is 14.5 Å². The molecule has 0 aliphatic rings. The van der Waals surface area contributed by atoms with Crippen molar-refractivity contribution < 1.29 is 23.5 Å². The molecule has 0 aliphatic heterocycles. The van der Waals surface area contributed by atoms with Gasteiger partial charge in [-0.25, -0.2) is 13.6 Å². The average Bonchev–Trinajstić information content (AvgIpc) is 2.43. The van der Waals surface area contributed by atoms with E-state index in [0.717, 1.165) is 24.3 Å². The molecule has 20 heavy (non-hydrogen) atoms. The molecular weight excluding hydrogens is 268 g/mol. The van der Waals surface area contributed by atoms with Crippen LogP contribution in [0.25, 0.3) is 0 Å². The van der Waals surface area contributed by atoms with Crippen LogP contribution in [0.5, 0.6) is 0 Å². The van der Waals surface area contributed by atoms with Gasteiger partial charge >= 0.3 is 5.97 Å². The smallest absolute Gasteiger partial charge is 0.335 e. The molecule has 6 heteroatoms. The second kappa shape index (κ2) is 5.48. The maximum absolute atomic E-state index is 13.4. The topological polar surface area (TPSA) is 66.4 Å². The Hall–Kier alpha value is -2.76. The standard InChI is InChI=1S/C14H9F2NO3/c15-10-4-5-11(16)12(7-10)17-13(18)8-2-1-3-9(6-8)14(19)20/h1-7H,(H,17,18)(H,19,20). The van der Waals surface area contributed by atoms with Crippen molar-refractivity contribution in [3.8, 4) is 0 Å². The van der Waals surface area contributed by atoms with Gasteiger partial charge in [0, 0.05) is 11.6 Å². The molecule has 0 fully saturated rings. The summed E-state index contributed by atoms with van der Waals surface area (Å²) in [5.41, 5.74) is -0.346. The third-order valence-electron chi connectivity index (χ3n) is 2.55. The van der Waals surface area contributed by atoms with Crippen molar-refractivity contribution in [2.24, 2.45) is 0 Å². The van der Waals surface area contributed by atoms with Gasteiger partial charge in [-0.1, -0.05) is 6.07 Å². The van der Waals surface area contributed by atoms with Crippen molar-refractivity contribution in [1.29, 1.82) is 0 Å². The van der Waals surface area contributed by atoms with Crippen molar-refractivity contribution >= 4 is 17.6 Å². The Labute approximate surface area is 112 Å². The highest BCUT2D eigenvalue weighted by molar-refractivity contribution is 6.05. The Morgan fingerprint density at radius 1 is 1.00 bits per heavy atom. The molecule has 2 N–H and O–H groups in total. The third kappa shape index (κ3) is 2.97. The molecule has 0 aromatic heterocycles. The number of rotatable bonds is 3. The third-order valence-corrected chi connectivity index (χ3v) is 2.55. The largest absolute Gasteiger partial charge is 0.478 e.